The summed E-state index contributed by atoms with van der Waals surface area (Å²) in [5.41, 5.74) is 0.526. The third-order valence-corrected chi connectivity index (χ3v) is 4.78. The highest BCUT2D eigenvalue weighted by molar-refractivity contribution is 7.99. The largest absolute Gasteiger partial charge is 0.394 e. The number of rotatable bonds is 4. The number of nitrogens with zero attached hydrogens (tertiary/aromatic N) is 4. The van der Waals surface area contributed by atoms with Gasteiger partial charge >= 0.3 is 0 Å². The summed E-state index contributed by atoms with van der Waals surface area (Å²) >= 11 is 2.88. The van der Waals surface area contributed by atoms with Crippen molar-refractivity contribution in [2.75, 3.05) is 19.1 Å². The Morgan fingerprint density at radius 1 is 1.23 bits per heavy atom. The molecule has 120 valence electrons. The Hall–Kier alpha value is -0.910. The molecule has 1 aliphatic heterocycles. The first kappa shape index (κ1) is 16.0. The van der Waals surface area contributed by atoms with Crippen LogP contribution in [0.3, 0.4) is 0 Å². The minimum atomic E-state index is -1.19. The second kappa shape index (κ2) is 6.30. The van der Waals surface area contributed by atoms with Crippen molar-refractivity contribution in [3.05, 3.63) is 6.20 Å². The number of ether oxygens (including phenoxy) is 1. The monoisotopic (exact) mass is 344 g/mol. The molecule has 0 aliphatic carbocycles. The maximum absolute atomic E-state index is 10.1. The molecule has 1 aliphatic rings. The number of hydrogen-bond donors (Lipinski definition) is 3. The lowest BCUT2D eigenvalue weighted by molar-refractivity contribution is -0.0567. The first-order valence-electron chi connectivity index (χ1n) is 6.56. The fourth-order valence-corrected chi connectivity index (χ4v) is 3.36. The van der Waals surface area contributed by atoms with Gasteiger partial charge in [-0.15, -0.1) is 11.8 Å². The van der Waals surface area contributed by atoms with Crippen LogP contribution in [0, 0.1) is 0 Å². The van der Waals surface area contributed by atoms with Crippen LogP contribution in [-0.2, 0) is 4.74 Å². The number of fused-ring (bicyclic) bond motifs is 1. The summed E-state index contributed by atoms with van der Waals surface area (Å²) in [5.74, 6) is 0. The van der Waals surface area contributed by atoms with Gasteiger partial charge in [0.15, 0.2) is 17.0 Å². The highest BCUT2D eigenvalue weighted by Crippen LogP contribution is 2.33. The molecule has 0 saturated carbocycles. The van der Waals surface area contributed by atoms with E-state index in [4.69, 9.17) is 4.74 Å². The molecular weight excluding hydrogens is 328 g/mol. The third kappa shape index (κ3) is 2.49. The Kier molecular flexibility index (Phi) is 4.57. The number of aromatic nitrogens is 4. The molecule has 0 radical (unpaired) electrons. The predicted octanol–water partition coefficient (Wildman–Crippen LogP) is -0.118. The lowest BCUT2D eigenvalue weighted by atomic mass is 10.1. The fourth-order valence-electron chi connectivity index (χ4n) is 2.40. The van der Waals surface area contributed by atoms with Crippen molar-refractivity contribution in [1.82, 2.24) is 19.7 Å². The van der Waals surface area contributed by atoms with E-state index in [1.54, 1.807) is 6.20 Å². The van der Waals surface area contributed by atoms with E-state index in [2.05, 4.69) is 15.1 Å². The summed E-state index contributed by atoms with van der Waals surface area (Å²) in [7, 11) is 0. The van der Waals surface area contributed by atoms with E-state index in [-0.39, 0.29) is 6.61 Å². The fraction of sp³-hybridized carbons (Fsp3) is 0.583. The zero-order chi connectivity index (χ0) is 15.9. The molecule has 3 rings (SSSR count). The van der Waals surface area contributed by atoms with E-state index >= 15 is 0 Å². The molecular formula is C12H16N4O4S2. The Labute approximate surface area is 134 Å². The summed E-state index contributed by atoms with van der Waals surface area (Å²) in [4.78, 5) is 8.83. The van der Waals surface area contributed by atoms with Gasteiger partial charge in [0.1, 0.15) is 23.3 Å². The van der Waals surface area contributed by atoms with Crippen molar-refractivity contribution >= 4 is 34.6 Å². The quantitative estimate of drug-likeness (QED) is 0.397. The standard InChI is InChI=1S/C12H16N4O4S2/c1-21-10-5-3-13-16(9(5)14-12(15-10)22-2)11-8(19)7(18)6(4-17)20-11/h3,6-8,11,17-19H,4H2,1-2H3/t6-,7+,8-,11+/m0/s1. The average Bonchev–Trinajstić information content (AvgIpc) is 3.08. The minimum Gasteiger partial charge on any atom is -0.394 e. The van der Waals surface area contributed by atoms with Crippen LogP contribution in [0.15, 0.2) is 16.4 Å². The normalized spacial score (nSPS) is 28.6. The maximum atomic E-state index is 10.1. The van der Waals surface area contributed by atoms with Gasteiger partial charge in [-0.1, -0.05) is 11.8 Å². The van der Waals surface area contributed by atoms with E-state index < -0.39 is 24.5 Å². The van der Waals surface area contributed by atoms with Gasteiger partial charge < -0.3 is 20.1 Å². The van der Waals surface area contributed by atoms with Crippen LogP contribution in [0.1, 0.15) is 6.23 Å². The van der Waals surface area contributed by atoms with Gasteiger partial charge in [0.05, 0.1) is 18.2 Å². The Balaban J connectivity index is 2.08. The van der Waals surface area contributed by atoms with Gasteiger partial charge in [-0.05, 0) is 12.5 Å². The van der Waals surface area contributed by atoms with E-state index in [0.717, 1.165) is 10.4 Å². The van der Waals surface area contributed by atoms with Crippen molar-refractivity contribution < 1.29 is 20.1 Å². The van der Waals surface area contributed by atoms with Gasteiger partial charge in [-0.2, -0.15) is 5.10 Å². The molecule has 0 aromatic carbocycles. The van der Waals surface area contributed by atoms with Crippen LogP contribution < -0.4 is 0 Å². The summed E-state index contributed by atoms with van der Waals surface area (Å²) in [6, 6.07) is 0. The minimum absolute atomic E-state index is 0.380. The van der Waals surface area contributed by atoms with Gasteiger partial charge in [0.2, 0.25) is 0 Å². The maximum Gasteiger partial charge on any atom is 0.190 e. The summed E-state index contributed by atoms with van der Waals surface area (Å²) < 4.78 is 6.94. The molecule has 0 bridgehead atoms. The SMILES string of the molecule is CSc1nc(SC)c2cnn([C@@H]3O[C@@H](CO)[C@@H](O)[C@@H]3O)c2n1. The van der Waals surface area contributed by atoms with E-state index in [1.165, 1.54) is 28.2 Å². The summed E-state index contributed by atoms with van der Waals surface area (Å²) in [6.45, 7) is -0.380. The molecule has 10 heteroatoms. The van der Waals surface area contributed by atoms with E-state index in [9.17, 15) is 15.3 Å². The predicted molar refractivity (Wildman–Crippen MR) is 81.9 cm³/mol. The molecule has 1 saturated heterocycles. The zero-order valence-corrected chi connectivity index (χ0v) is 13.6. The molecule has 0 spiro atoms. The first-order chi connectivity index (χ1) is 10.6. The molecule has 3 heterocycles. The van der Waals surface area contributed by atoms with Crippen LogP contribution in [0.2, 0.25) is 0 Å². The molecule has 4 atom stereocenters. The van der Waals surface area contributed by atoms with Crippen LogP contribution in [0.4, 0.5) is 0 Å². The van der Waals surface area contributed by atoms with Crippen molar-refractivity contribution in [3.63, 3.8) is 0 Å². The lowest BCUT2D eigenvalue weighted by Crippen LogP contribution is -2.33. The summed E-state index contributed by atoms with van der Waals surface area (Å²) in [5, 5.41) is 35.6. The smallest absolute Gasteiger partial charge is 0.190 e. The van der Waals surface area contributed by atoms with Gasteiger partial charge in [-0.3, -0.25) is 0 Å². The highest BCUT2D eigenvalue weighted by Gasteiger charge is 2.44. The van der Waals surface area contributed by atoms with Crippen LogP contribution in [0.5, 0.6) is 0 Å². The number of hydrogen-bond acceptors (Lipinski definition) is 9. The average molecular weight is 344 g/mol. The second-order valence-corrected chi connectivity index (χ2v) is 6.34. The molecule has 22 heavy (non-hydrogen) atoms. The van der Waals surface area contributed by atoms with E-state index in [0.29, 0.717) is 10.8 Å². The molecule has 8 nitrogen and oxygen atoms in total. The Bertz CT molecular complexity index is 682. The van der Waals surface area contributed by atoms with Crippen molar-refractivity contribution in [2.45, 2.75) is 34.7 Å². The van der Waals surface area contributed by atoms with Crippen LogP contribution in [-0.4, -0.2) is 72.5 Å². The molecule has 3 N–H and O–H groups in total. The summed E-state index contributed by atoms with van der Waals surface area (Å²) in [6.07, 6.45) is 1.29. The number of aliphatic hydroxyl groups excluding tert-OH is 3. The van der Waals surface area contributed by atoms with Crippen LogP contribution >= 0.6 is 23.5 Å². The molecule has 0 amide bonds. The number of aliphatic hydroxyl groups is 3. The molecule has 2 aromatic rings. The molecule has 1 fully saturated rings. The van der Waals surface area contributed by atoms with E-state index in [1.807, 2.05) is 12.5 Å². The van der Waals surface area contributed by atoms with Crippen molar-refractivity contribution in [1.29, 1.82) is 0 Å². The first-order valence-corrected chi connectivity index (χ1v) is 9.01. The van der Waals surface area contributed by atoms with Gasteiger partial charge in [-0.25, -0.2) is 14.6 Å². The third-order valence-electron chi connectivity index (χ3n) is 3.53. The second-order valence-electron chi connectivity index (χ2n) is 4.77. The Morgan fingerprint density at radius 2 is 2.00 bits per heavy atom. The molecule has 0 unspecified atom stereocenters. The number of thioether (sulfide) groups is 2. The van der Waals surface area contributed by atoms with Crippen molar-refractivity contribution in [2.24, 2.45) is 0 Å². The molecule has 2 aromatic heterocycles. The van der Waals surface area contributed by atoms with Gasteiger partial charge in [0.25, 0.3) is 0 Å². The van der Waals surface area contributed by atoms with Gasteiger partial charge in [0, 0.05) is 0 Å². The Morgan fingerprint density at radius 3 is 2.59 bits per heavy atom. The zero-order valence-electron chi connectivity index (χ0n) is 11.9. The van der Waals surface area contributed by atoms with Crippen molar-refractivity contribution in [3.8, 4) is 0 Å². The topological polar surface area (TPSA) is 114 Å². The van der Waals surface area contributed by atoms with Crippen LogP contribution in [0.25, 0.3) is 11.0 Å². The lowest BCUT2D eigenvalue weighted by Gasteiger charge is -2.15. The highest BCUT2D eigenvalue weighted by atomic mass is 32.2.